The number of carbonyl (C=O) groups is 6. The number of hydrogen-bond acceptors (Lipinski definition) is 19. The Labute approximate surface area is 387 Å². The number of hydrogen-bond donors (Lipinski definition) is 3. The predicted octanol–water partition coefficient (Wildman–Crippen LogP) is 4.40. The highest BCUT2D eigenvalue weighted by Gasteiger charge is 2.54. The van der Waals surface area contributed by atoms with Gasteiger partial charge in [0.05, 0.1) is 67.9 Å². The maximum atomic E-state index is 13.6. The number of amides is 1. The molecule has 1 unspecified atom stereocenters. The minimum Gasteiger partial charge on any atom is -0.492 e. The van der Waals surface area contributed by atoms with E-state index in [2.05, 4.69) is 10.2 Å². The summed E-state index contributed by atoms with van der Waals surface area (Å²) in [4.78, 5) is 83.0. The molecule has 21 heteroatoms. The van der Waals surface area contributed by atoms with Crippen LogP contribution in [-0.4, -0.2) is 148 Å². The molecule has 2 rings (SSSR count). The van der Waals surface area contributed by atoms with Crippen molar-refractivity contribution in [1.82, 2.24) is 10.0 Å². The van der Waals surface area contributed by atoms with Gasteiger partial charge in [0.25, 0.3) is 0 Å². The molecule has 1 fully saturated rings. The van der Waals surface area contributed by atoms with Gasteiger partial charge in [0.1, 0.15) is 25.4 Å². The van der Waals surface area contributed by atoms with E-state index in [0.717, 1.165) is 12.1 Å². The summed E-state index contributed by atoms with van der Waals surface area (Å²) in [6.45, 7) is 21.5. The first kappa shape index (κ1) is 57.4. The van der Waals surface area contributed by atoms with Gasteiger partial charge in [0.15, 0.2) is 12.2 Å². The Morgan fingerprint density at radius 3 is 1.48 bits per heavy atom. The first-order valence-corrected chi connectivity index (χ1v) is 22.1. The monoisotopic (exact) mass is 946 g/mol. The van der Waals surface area contributed by atoms with Crippen LogP contribution >= 0.6 is 0 Å². The number of unbranched alkanes of at least 4 members (excludes halogenated alkanes) is 2. The molecule has 378 valence electrons. The minimum absolute atomic E-state index is 0.0408. The van der Waals surface area contributed by atoms with Crippen molar-refractivity contribution < 1.29 is 91.2 Å². The smallest absolute Gasteiger partial charge is 0.492 e. The molecule has 2 heterocycles. The van der Waals surface area contributed by atoms with Crippen LogP contribution in [0.15, 0.2) is 12.1 Å². The normalized spacial score (nSPS) is 19.1. The lowest BCUT2D eigenvalue weighted by atomic mass is 9.92. The van der Waals surface area contributed by atoms with Gasteiger partial charge in [-0.05, 0) is 95.9 Å². The lowest BCUT2D eigenvalue weighted by Crippen LogP contribution is -2.67. The number of rotatable bonds is 25. The predicted molar refractivity (Wildman–Crippen MR) is 233 cm³/mol. The fourth-order valence-electron chi connectivity index (χ4n) is 5.30. The highest BCUT2D eigenvalue weighted by atomic mass is 16.8. The van der Waals surface area contributed by atoms with Crippen molar-refractivity contribution in [2.24, 2.45) is 21.7 Å². The average molecular weight is 947 g/mol. The highest BCUT2D eigenvalue weighted by Crippen LogP contribution is 2.33. The summed E-state index contributed by atoms with van der Waals surface area (Å²) in [7, 11) is 0. The zero-order chi connectivity index (χ0) is 49.9. The van der Waals surface area contributed by atoms with Crippen LogP contribution in [0.25, 0.3) is 0 Å². The van der Waals surface area contributed by atoms with Gasteiger partial charge in [-0.3, -0.25) is 28.8 Å². The molecule has 21 nitrogen and oxygen atoms in total. The number of nitrogens with zero attached hydrogens (tertiary/aromatic N) is 1. The zero-order valence-corrected chi connectivity index (χ0v) is 40.7. The summed E-state index contributed by atoms with van der Waals surface area (Å²) >= 11 is 0. The average Bonchev–Trinajstić information content (AvgIpc) is 3.51. The molecular weight excluding hydrogens is 872 g/mol. The van der Waals surface area contributed by atoms with E-state index in [0.29, 0.717) is 57.0 Å². The van der Waals surface area contributed by atoms with Crippen LogP contribution in [0.1, 0.15) is 109 Å². The second kappa shape index (κ2) is 26.6. The van der Waals surface area contributed by atoms with Crippen molar-refractivity contribution in [2.45, 2.75) is 139 Å². The van der Waals surface area contributed by atoms with Gasteiger partial charge in [-0.25, -0.2) is 4.79 Å². The lowest BCUT2D eigenvalue weighted by Gasteiger charge is -2.46. The molecule has 1 aromatic heterocycles. The third-order valence-corrected chi connectivity index (χ3v) is 9.23. The quantitative estimate of drug-likeness (QED) is 0.0697. The molecular formula is C45H74N2O19. The molecule has 0 saturated carbocycles. The van der Waals surface area contributed by atoms with Gasteiger partial charge in [-0.15, -0.1) is 4.73 Å². The van der Waals surface area contributed by atoms with Crippen LogP contribution < -0.4 is 10.2 Å². The molecule has 1 amide bonds. The Morgan fingerprint density at radius 2 is 1.00 bits per heavy atom. The van der Waals surface area contributed by atoms with Crippen molar-refractivity contribution >= 4 is 35.9 Å². The fraction of sp³-hybridized carbons (Fsp3) is 0.778. The SMILES string of the molecule is CC(C)(C)C(=O)OC[C@H]1OC(OC(=O)C(C)(C)C)[C@H](NC(=O)CCCCCOCCOCCOCCOCCOC(=O)On2c(O)ccc2O)[C@@H](OC(=O)C(C)(C)C)[C@H]1OC(=O)C(C)(C)C. The second-order valence-electron chi connectivity index (χ2n) is 19.7. The molecule has 5 atom stereocenters. The van der Waals surface area contributed by atoms with Gasteiger partial charge in [0, 0.05) is 25.2 Å². The second-order valence-corrected chi connectivity index (χ2v) is 19.7. The van der Waals surface area contributed by atoms with E-state index in [1.807, 2.05) is 0 Å². The van der Waals surface area contributed by atoms with Crippen LogP contribution in [0.3, 0.4) is 0 Å². The molecule has 1 aliphatic rings. The maximum absolute atomic E-state index is 13.6. The topological polar surface area (TPSA) is 261 Å². The first-order valence-electron chi connectivity index (χ1n) is 22.1. The van der Waals surface area contributed by atoms with Crippen molar-refractivity contribution in [3.8, 4) is 11.8 Å². The number of ether oxygens (including phenoxy) is 10. The van der Waals surface area contributed by atoms with Gasteiger partial charge in [-0.2, -0.15) is 0 Å². The molecule has 1 saturated heterocycles. The van der Waals surface area contributed by atoms with E-state index in [4.69, 9.17) is 47.4 Å². The number of carbonyl (C=O) groups excluding carboxylic acids is 6. The van der Waals surface area contributed by atoms with E-state index in [1.54, 1.807) is 83.1 Å². The van der Waals surface area contributed by atoms with Gasteiger partial charge >= 0.3 is 30.0 Å². The van der Waals surface area contributed by atoms with E-state index in [1.165, 1.54) is 0 Å². The molecule has 0 spiro atoms. The number of aromatic nitrogens is 1. The van der Waals surface area contributed by atoms with Crippen LogP contribution in [0.5, 0.6) is 11.8 Å². The Hall–Kier alpha value is -4.70. The summed E-state index contributed by atoms with van der Waals surface area (Å²) in [6.07, 6.45) is -5.01. The zero-order valence-electron chi connectivity index (χ0n) is 40.7. The summed E-state index contributed by atoms with van der Waals surface area (Å²) in [6, 6.07) is 0.944. The van der Waals surface area contributed by atoms with Gasteiger partial charge in [-0.1, -0.05) is 6.42 Å². The Kier molecular flexibility index (Phi) is 23.1. The van der Waals surface area contributed by atoms with E-state index < -0.39 is 107 Å². The number of esters is 4. The maximum Gasteiger partial charge on any atom is 0.534 e. The van der Waals surface area contributed by atoms with E-state index in [9.17, 15) is 39.0 Å². The Morgan fingerprint density at radius 1 is 0.561 bits per heavy atom. The molecule has 1 aliphatic heterocycles. The van der Waals surface area contributed by atoms with Crippen LogP contribution in [-0.2, 0) is 71.3 Å². The number of aromatic hydroxyl groups is 2. The first-order chi connectivity index (χ1) is 30.6. The van der Waals surface area contributed by atoms with Gasteiger partial charge in [0.2, 0.25) is 24.0 Å². The minimum atomic E-state index is -1.54. The lowest BCUT2D eigenvalue weighted by molar-refractivity contribution is -0.277. The molecule has 1 aromatic rings. The fourth-order valence-corrected chi connectivity index (χ4v) is 5.30. The molecule has 0 bridgehead atoms. The summed E-state index contributed by atoms with van der Waals surface area (Å²) < 4.78 is 56.9. The molecule has 66 heavy (non-hydrogen) atoms. The third-order valence-electron chi connectivity index (χ3n) is 9.23. The Balaban J connectivity index is 1.88. The van der Waals surface area contributed by atoms with Crippen molar-refractivity contribution in [2.75, 3.05) is 66.1 Å². The number of nitrogens with one attached hydrogen (secondary N) is 1. The molecule has 0 radical (unpaired) electrons. The Bertz CT molecular complexity index is 1680. The summed E-state index contributed by atoms with van der Waals surface area (Å²) in [5, 5.41) is 21.7. The molecule has 3 N–H and O–H groups in total. The van der Waals surface area contributed by atoms with Crippen molar-refractivity contribution in [3.05, 3.63) is 12.1 Å². The highest BCUT2D eigenvalue weighted by molar-refractivity contribution is 5.79. The van der Waals surface area contributed by atoms with E-state index >= 15 is 0 Å². The van der Waals surface area contributed by atoms with E-state index in [-0.39, 0.29) is 32.8 Å². The van der Waals surface area contributed by atoms with Gasteiger partial charge < -0.3 is 62.9 Å². The van der Waals surface area contributed by atoms with Crippen LogP contribution in [0.2, 0.25) is 0 Å². The summed E-state index contributed by atoms with van der Waals surface area (Å²) in [5.74, 6) is -4.05. The standard InChI is InChI=1S/C45H74N2O19/c1-42(2,3)37(51)61-28-29-34(63-38(52)43(4,5)6)35(64-39(53)44(7,8)9)33(36(62-29)65-40(54)45(10,11)12)46-30(48)16-14-13-15-19-56-20-21-57-22-23-58-24-25-59-26-27-60-41(55)66-47-31(49)17-18-32(47)50/h17-18,29,33-36,49-50H,13-16,19-28H2,1-12H3,(H,46,48)/t29-,33-,34+,35-,36?/m1/s1. The van der Waals surface area contributed by atoms with Crippen molar-refractivity contribution in [3.63, 3.8) is 0 Å². The van der Waals surface area contributed by atoms with Crippen LogP contribution in [0, 0.1) is 21.7 Å². The van der Waals surface area contributed by atoms with Crippen molar-refractivity contribution in [1.29, 1.82) is 0 Å². The summed E-state index contributed by atoms with van der Waals surface area (Å²) in [5.41, 5.74) is -3.96. The third kappa shape index (κ3) is 20.9. The van der Waals surface area contributed by atoms with Crippen LogP contribution in [0.4, 0.5) is 4.79 Å². The molecule has 0 aromatic carbocycles. The molecule has 0 aliphatic carbocycles. The largest absolute Gasteiger partial charge is 0.534 e.